The van der Waals surface area contributed by atoms with E-state index in [1.165, 1.54) is 4.90 Å². The number of aromatic nitrogens is 2. The molecule has 0 spiro atoms. The maximum atomic E-state index is 12.5. The first-order valence-corrected chi connectivity index (χ1v) is 11.0. The molecule has 1 aliphatic rings. The van der Waals surface area contributed by atoms with Crippen LogP contribution in [0.15, 0.2) is 35.3 Å². The maximum absolute atomic E-state index is 12.5. The van der Waals surface area contributed by atoms with Gasteiger partial charge in [-0.2, -0.15) is 5.10 Å². The Hall–Kier alpha value is -3.36. The number of hydrogen-bond acceptors (Lipinski definition) is 4. The fourth-order valence-corrected chi connectivity index (χ4v) is 3.77. The second kappa shape index (κ2) is 9.84. The van der Waals surface area contributed by atoms with Crippen molar-refractivity contribution in [3.8, 4) is 5.69 Å². The zero-order chi connectivity index (χ0) is 23.3. The largest absolute Gasteiger partial charge is 0.356 e. The van der Waals surface area contributed by atoms with E-state index >= 15 is 0 Å². The summed E-state index contributed by atoms with van der Waals surface area (Å²) in [6.45, 7) is 9.21. The third kappa shape index (κ3) is 4.92. The summed E-state index contributed by atoms with van der Waals surface area (Å²) in [5.41, 5.74) is 3.39. The molecule has 32 heavy (non-hydrogen) atoms. The van der Waals surface area contributed by atoms with Gasteiger partial charge in [0.1, 0.15) is 5.54 Å². The minimum Gasteiger partial charge on any atom is -0.356 e. The molecule has 0 aliphatic carbocycles. The molecule has 1 aromatic carbocycles. The first kappa shape index (κ1) is 23.3. The van der Waals surface area contributed by atoms with Crippen LogP contribution in [0.25, 0.3) is 5.69 Å². The van der Waals surface area contributed by atoms with E-state index < -0.39 is 5.54 Å². The highest BCUT2D eigenvalue weighted by Crippen LogP contribution is 2.20. The highest BCUT2D eigenvalue weighted by molar-refractivity contribution is 6.06. The Bertz CT molecular complexity index is 1010. The number of nitrogens with one attached hydrogen (secondary N) is 3. The molecule has 1 saturated heterocycles. The Labute approximate surface area is 189 Å². The van der Waals surface area contributed by atoms with Crippen LogP contribution >= 0.6 is 0 Å². The third-order valence-corrected chi connectivity index (χ3v) is 5.80. The molecule has 3 rings (SSSR count). The highest BCUT2D eigenvalue weighted by Gasteiger charge is 2.45. The summed E-state index contributed by atoms with van der Waals surface area (Å²) in [6.07, 6.45) is 1.20. The smallest absolute Gasteiger partial charge is 0.325 e. The molecule has 0 saturated carbocycles. The Balaban J connectivity index is 1.52. The van der Waals surface area contributed by atoms with Gasteiger partial charge < -0.3 is 16.0 Å². The van der Waals surface area contributed by atoms with Crippen LogP contribution in [0, 0.1) is 13.8 Å². The molecule has 0 radical (unpaired) electrons. The standard InChI is InChI=1S/C23H33N7O2/c1-6-23(4)20(31)29(22(32)27-23)13-9-12-25-21(24-5)26-15-18-10-7-8-11-19(18)30-17(3)14-16(2)28-30/h7-8,10-11,14H,6,9,12-13,15H2,1-5H3,(H,27,32)(H2,24,25,26). The zero-order valence-corrected chi connectivity index (χ0v) is 19.5. The number of hydrogen-bond donors (Lipinski definition) is 3. The lowest BCUT2D eigenvalue weighted by molar-refractivity contribution is -0.130. The number of guanidine groups is 1. The van der Waals surface area contributed by atoms with Gasteiger partial charge in [0.05, 0.1) is 11.4 Å². The lowest BCUT2D eigenvalue weighted by Gasteiger charge is -2.19. The van der Waals surface area contributed by atoms with Crippen LogP contribution in [0.3, 0.4) is 0 Å². The molecular weight excluding hydrogens is 406 g/mol. The fraction of sp³-hybridized carbons (Fsp3) is 0.478. The summed E-state index contributed by atoms with van der Waals surface area (Å²) in [5.74, 6) is 0.497. The lowest BCUT2D eigenvalue weighted by atomic mass is 9.99. The lowest BCUT2D eigenvalue weighted by Crippen LogP contribution is -2.43. The number of amides is 3. The van der Waals surface area contributed by atoms with Crippen LogP contribution in [-0.4, -0.2) is 58.3 Å². The van der Waals surface area contributed by atoms with E-state index in [4.69, 9.17) is 0 Å². The average molecular weight is 440 g/mol. The number of carbonyl (C=O) groups excluding carboxylic acids is 2. The van der Waals surface area contributed by atoms with Gasteiger partial charge in [0, 0.05) is 32.4 Å². The van der Waals surface area contributed by atoms with E-state index in [1.807, 2.05) is 37.6 Å². The predicted octanol–water partition coefficient (Wildman–Crippen LogP) is 2.26. The fourth-order valence-electron chi connectivity index (χ4n) is 3.77. The number of nitrogens with zero attached hydrogens (tertiary/aromatic N) is 4. The van der Waals surface area contributed by atoms with Crippen molar-refractivity contribution in [1.29, 1.82) is 0 Å². The molecule has 2 heterocycles. The van der Waals surface area contributed by atoms with Crippen LogP contribution in [-0.2, 0) is 11.3 Å². The van der Waals surface area contributed by atoms with Gasteiger partial charge in [0.25, 0.3) is 5.91 Å². The van der Waals surface area contributed by atoms with E-state index in [1.54, 1.807) is 14.0 Å². The topological polar surface area (TPSA) is 104 Å². The van der Waals surface area contributed by atoms with Crippen molar-refractivity contribution in [3.05, 3.63) is 47.3 Å². The van der Waals surface area contributed by atoms with Crippen molar-refractivity contribution in [2.45, 2.75) is 52.6 Å². The van der Waals surface area contributed by atoms with Crippen molar-refractivity contribution in [2.24, 2.45) is 4.99 Å². The van der Waals surface area contributed by atoms with Crippen LogP contribution in [0.2, 0.25) is 0 Å². The molecule has 172 valence electrons. The van der Waals surface area contributed by atoms with E-state index in [9.17, 15) is 9.59 Å². The van der Waals surface area contributed by atoms with Gasteiger partial charge in [-0.15, -0.1) is 0 Å². The van der Waals surface area contributed by atoms with Crippen LogP contribution in [0.4, 0.5) is 4.79 Å². The van der Waals surface area contributed by atoms with Crippen molar-refractivity contribution < 1.29 is 9.59 Å². The molecule has 1 unspecified atom stereocenters. The van der Waals surface area contributed by atoms with Gasteiger partial charge in [0.2, 0.25) is 0 Å². The molecular formula is C23H33N7O2. The molecule has 1 atom stereocenters. The minimum atomic E-state index is -0.791. The van der Waals surface area contributed by atoms with Crippen LogP contribution < -0.4 is 16.0 Å². The number of aryl methyl sites for hydroxylation is 2. The van der Waals surface area contributed by atoms with Gasteiger partial charge in [-0.25, -0.2) is 9.48 Å². The molecule has 3 amide bonds. The predicted molar refractivity (Wildman–Crippen MR) is 125 cm³/mol. The van der Waals surface area contributed by atoms with E-state index in [0.717, 1.165) is 22.6 Å². The summed E-state index contributed by atoms with van der Waals surface area (Å²) >= 11 is 0. The molecule has 9 nitrogen and oxygen atoms in total. The average Bonchev–Trinajstić information content (AvgIpc) is 3.23. The maximum Gasteiger partial charge on any atom is 0.325 e. The molecule has 9 heteroatoms. The van der Waals surface area contributed by atoms with Gasteiger partial charge >= 0.3 is 6.03 Å². The van der Waals surface area contributed by atoms with Crippen LogP contribution in [0.5, 0.6) is 0 Å². The van der Waals surface area contributed by atoms with Gasteiger partial charge in [-0.05, 0) is 51.3 Å². The van der Waals surface area contributed by atoms with Crippen molar-refractivity contribution in [1.82, 2.24) is 30.6 Å². The normalized spacial score (nSPS) is 18.8. The van der Waals surface area contributed by atoms with Crippen molar-refractivity contribution >= 4 is 17.9 Å². The van der Waals surface area contributed by atoms with Crippen molar-refractivity contribution in [3.63, 3.8) is 0 Å². The monoisotopic (exact) mass is 439 g/mol. The van der Waals surface area contributed by atoms with Gasteiger partial charge in [0.15, 0.2) is 5.96 Å². The molecule has 2 aromatic rings. The SMILES string of the molecule is CCC1(C)NC(=O)N(CCCNC(=NC)NCc2ccccc2-n2nc(C)cc2C)C1=O. The summed E-state index contributed by atoms with van der Waals surface area (Å²) in [7, 11) is 1.71. The number of carbonyl (C=O) groups is 2. The van der Waals surface area contributed by atoms with E-state index in [-0.39, 0.29) is 11.9 Å². The first-order chi connectivity index (χ1) is 15.3. The number of imide groups is 1. The molecule has 0 bridgehead atoms. The third-order valence-electron chi connectivity index (χ3n) is 5.80. The molecule has 1 aromatic heterocycles. The number of benzene rings is 1. The van der Waals surface area contributed by atoms with Crippen molar-refractivity contribution in [2.75, 3.05) is 20.1 Å². The minimum absolute atomic E-state index is 0.159. The number of para-hydroxylation sites is 1. The highest BCUT2D eigenvalue weighted by atomic mass is 16.2. The summed E-state index contributed by atoms with van der Waals surface area (Å²) in [5, 5.41) is 13.9. The molecule has 3 N–H and O–H groups in total. The summed E-state index contributed by atoms with van der Waals surface area (Å²) < 4.78 is 1.95. The number of rotatable bonds is 8. The van der Waals surface area contributed by atoms with Gasteiger partial charge in [-0.3, -0.25) is 14.7 Å². The second-order valence-corrected chi connectivity index (χ2v) is 8.25. The summed E-state index contributed by atoms with van der Waals surface area (Å²) in [4.78, 5) is 30.1. The molecule has 1 fully saturated rings. The number of urea groups is 1. The van der Waals surface area contributed by atoms with E-state index in [2.05, 4.69) is 44.2 Å². The Morgan fingerprint density at radius 2 is 1.97 bits per heavy atom. The quantitative estimate of drug-likeness (QED) is 0.253. The first-order valence-electron chi connectivity index (χ1n) is 11.0. The Morgan fingerprint density at radius 3 is 2.59 bits per heavy atom. The Kier molecular flexibility index (Phi) is 7.17. The zero-order valence-electron chi connectivity index (χ0n) is 19.5. The molecule has 1 aliphatic heterocycles. The van der Waals surface area contributed by atoms with Crippen LogP contribution in [0.1, 0.15) is 43.6 Å². The number of aliphatic imine (C=N–C) groups is 1. The van der Waals surface area contributed by atoms with E-state index in [0.29, 0.717) is 38.4 Å². The summed E-state index contributed by atoms with van der Waals surface area (Å²) in [6, 6.07) is 9.86. The second-order valence-electron chi connectivity index (χ2n) is 8.25. The van der Waals surface area contributed by atoms with Gasteiger partial charge in [-0.1, -0.05) is 25.1 Å². The Morgan fingerprint density at radius 1 is 1.22 bits per heavy atom.